The van der Waals surface area contributed by atoms with Gasteiger partial charge >= 0.3 is 0 Å². The minimum absolute atomic E-state index is 0.520. The number of rotatable bonds is 4. The largest absolute Gasteiger partial charge is 0.496 e. The van der Waals surface area contributed by atoms with E-state index in [0.29, 0.717) is 12.5 Å². The zero-order valence-corrected chi connectivity index (χ0v) is 9.66. The first-order valence-electron chi connectivity index (χ1n) is 5.23. The predicted octanol–water partition coefficient (Wildman–Crippen LogP) is 2.79. The van der Waals surface area contributed by atoms with Crippen molar-refractivity contribution >= 4 is 6.08 Å². The van der Waals surface area contributed by atoms with E-state index in [1.54, 1.807) is 7.11 Å². The molecule has 0 saturated heterocycles. The Morgan fingerprint density at radius 1 is 1.40 bits per heavy atom. The van der Waals surface area contributed by atoms with Crippen LogP contribution in [-0.2, 0) is 0 Å². The maximum atomic E-state index is 5.42. The van der Waals surface area contributed by atoms with Crippen LogP contribution in [0.2, 0.25) is 0 Å². The van der Waals surface area contributed by atoms with Crippen LogP contribution in [0.4, 0.5) is 0 Å². The minimum atomic E-state index is 0.520. The first kappa shape index (κ1) is 11.8. The molecular formula is C13H19NO. The first-order chi connectivity index (χ1) is 7.19. The highest BCUT2D eigenvalue weighted by molar-refractivity contribution is 5.58. The van der Waals surface area contributed by atoms with Crippen LogP contribution in [0.5, 0.6) is 5.75 Å². The second-order valence-corrected chi connectivity index (χ2v) is 3.79. The van der Waals surface area contributed by atoms with E-state index in [-0.39, 0.29) is 0 Å². The SMILES string of the molecule is COc1cc(C(C)C)ccc1/C=C/CN. The molecule has 1 aromatic carbocycles. The molecule has 0 aliphatic carbocycles. The van der Waals surface area contributed by atoms with Gasteiger partial charge in [-0.05, 0) is 17.5 Å². The summed E-state index contributed by atoms with van der Waals surface area (Å²) in [6.07, 6.45) is 3.91. The van der Waals surface area contributed by atoms with Gasteiger partial charge in [-0.2, -0.15) is 0 Å². The van der Waals surface area contributed by atoms with Crippen LogP contribution in [0.15, 0.2) is 24.3 Å². The Bertz CT molecular complexity index is 342. The van der Waals surface area contributed by atoms with E-state index in [1.807, 2.05) is 12.2 Å². The maximum Gasteiger partial charge on any atom is 0.126 e. The van der Waals surface area contributed by atoms with Gasteiger partial charge in [-0.25, -0.2) is 0 Å². The zero-order valence-electron chi connectivity index (χ0n) is 9.66. The third-order valence-corrected chi connectivity index (χ3v) is 2.36. The van der Waals surface area contributed by atoms with Crippen LogP contribution in [0, 0.1) is 0 Å². The van der Waals surface area contributed by atoms with E-state index in [0.717, 1.165) is 11.3 Å². The van der Waals surface area contributed by atoms with Gasteiger partial charge in [0.1, 0.15) is 5.75 Å². The number of nitrogens with two attached hydrogens (primary N) is 1. The molecule has 0 unspecified atom stereocenters. The maximum absolute atomic E-state index is 5.42. The smallest absolute Gasteiger partial charge is 0.126 e. The highest BCUT2D eigenvalue weighted by Crippen LogP contribution is 2.25. The summed E-state index contributed by atoms with van der Waals surface area (Å²) < 4.78 is 5.34. The van der Waals surface area contributed by atoms with Gasteiger partial charge < -0.3 is 10.5 Å². The second kappa shape index (κ2) is 5.56. The van der Waals surface area contributed by atoms with Crippen molar-refractivity contribution in [3.05, 3.63) is 35.4 Å². The average molecular weight is 205 g/mol. The van der Waals surface area contributed by atoms with Crippen LogP contribution in [-0.4, -0.2) is 13.7 Å². The van der Waals surface area contributed by atoms with Gasteiger partial charge in [0.15, 0.2) is 0 Å². The van der Waals surface area contributed by atoms with Gasteiger partial charge in [0, 0.05) is 12.1 Å². The lowest BCUT2D eigenvalue weighted by molar-refractivity contribution is 0.413. The number of methoxy groups -OCH3 is 1. The highest BCUT2D eigenvalue weighted by atomic mass is 16.5. The molecule has 0 fully saturated rings. The quantitative estimate of drug-likeness (QED) is 0.820. The molecule has 0 saturated carbocycles. The standard InChI is InChI=1S/C13H19NO/c1-10(2)12-7-6-11(5-4-8-14)13(9-12)15-3/h4-7,9-10H,8,14H2,1-3H3/b5-4+. The van der Waals surface area contributed by atoms with Crippen molar-refractivity contribution in [3.8, 4) is 5.75 Å². The monoisotopic (exact) mass is 205 g/mol. The molecule has 0 aliphatic heterocycles. The molecule has 0 atom stereocenters. The number of benzene rings is 1. The molecule has 1 aromatic rings. The number of hydrogen-bond acceptors (Lipinski definition) is 2. The van der Waals surface area contributed by atoms with E-state index < -0.39 is 0 Å². The zero-order chi connectivity index (χ0) is 11.3. The van der Waals surface area contributed by atoms with Gasteiger partial charge in [0.05, 0.1) is 7.11 Å². The van der Waals surface area contributed by atoms with Crippen molar-refractivity contribution in [2.45, 2.75) is 19.8 Å². The summed E-state index contributed by atoms with van der Waals surface area (Å²) >= 11 is 0. The molecular weight excluding hydrogens is 186 g/mol. The van der Waals surface area contributed by atoms with Crippen molar-refractivity contribution < 1.29 is 4.74 Å². The molecule has 0 amide bonds. The second-order valence-electron chi connectivity index (χ2n) is 3.79. The fourth-order valence-corrected chi connectivity index (χ4v) is 1.42. The minimum Gasteiger partial charge on any atom is -0.496 e. The Kier molecular flexibility index (Phi) is 4.37. The molecule has 0 aliphatic rings. The summed E-state index contributed by atoms with van der Waals surface area (Å²) in [5, 5.41) is 0. The van der Waals surface area contributed by atoms with E-state index in [4.69, 9.17) is 10.5 Å². The third kappa shape index (κ3) is 3.10. The summed E-state index contributed by atoms with van der Waals surface area (Å²) in [6.45, 7) is 4.89. The van der Waals surface area contributed by atoms with Crippen molar-refractivity contribution in [3.63, 3.8) is 0 Å². The summed E-state index contributed by atoms with van der Waals surface area (Å²) in [4.78, 5) is 0. The summed E-state index contributed by atoms with van der Waals surface area (Å²) in [5.74, 6) is 1.43. The van der Waals surface area contributed by atoms with E-state index in [9.17, 15) is 0 Å². The molecule has 2 heteroatoms. The lowest BCUT2D eigenvalue weighted by atomic mass is 10.0. The number of ether oxygens (including phenoxy) is 1. The van der Waals surface area contributed by atoms with Gasteiger partial charge in [0.25, 0.3) is 0 Å². The fraction of sp³-hybridized carbons (Fsp3) is 0.385. The van der Waals surface area contributed by atoms with Gasteiger partial charge in [-0.15, -0.1) is 0 Å². The van der Waals surface area contributed by atoms with Crippen molar-refractivity contribution in [2.75, 3.05) is 13.7 Å². The van der Waals surface area contributed by atoms with Crippen LogP contribution in [0.25, 0.3) is 6.08 Å². The molecule has 15 heavy (non-hydrogen) atoms. The molecule has 2 nitrogen and oxygen atoms in total. The van der Waals surface area contributed by atoms with Crippen LogP contribution in [0.3, 0.4) is 0 Å². The molecule has 0 bridgehead atoms. The van der Waals surface area contributed by atoms with Gasteiger partial charge in [-0.3, -0.25) is 0 Å². The summed E-state index contributed by atoms with van der Waals surface area (Å²) in [6, 6.07) is 6.28. The van der Waals surface area contributed by atoms with Crippen molar-refractivity contribution in [1.29, 1.82) is 0 Å². The Morgan fingerprint density at radius 3 is 2.67 bits per heavy atom. The Balaban J connectivity index is 3.03. The molecule has 0 spiro atoms. The van der Waals surface area contributed by atoms with E-state index in [1.165, 1.54) is 5.56 Å². The Labute approximate surface area is 91.7 Å². The average Bonchev–Trinajstić information content (AvgIpc) is 2.25. The summed E-state index contributed by atoms with van der Waals surface area (Å²) in [5.41, 5.74) is 7.78. The fourth-order valence-electron chi connectivity index (χ4n) is 1.42. The normalized spacial score (nSPS) is 11.3. The van der Waals surface area contributed by atoms with Gasteiger partial charge in [0.2, 0.25) is 0 Å². The number of hydrogen-bond donors (Lipinski definition) is 1. The Hall–Kier alpha value is -1.28. The highest BCUT2D eigenvalue weighted by Gasteiger charge is 2.04. The lowest BCUT2D eigenvalue weighted by Crippen LogP contribution is -1.94. The molecule has 0 aromatic heterocycles. The van der Waals surface area contributed by atoms with Crippen LogP contribution < -0.4 is 10.5 Å². The molecule has 0 heterocycles. The van der Waals surface area contributed by atoms with Gasteiger partial charge in [-0.1, -0.05) is 38.1 Å². The summed E-state index contributed by atoms with van der Waals surface area (Å²) in [7, 11) is 1.69. The van der Waals surface area contributed by atoms with Crippen LogP contribution >= 0.6 is 0 Å². The van der Waals surface area contributed by atoms with E-state index >= 15 is 0 Å². The predicted molar refractivity (Wildman–Crippen MR) is 65.2 cm³/mol. The lowest BCUT2D eigenvalue weighted by Gasteiger charge is -2.10. The topological polar surface area (TPSA) is 35.2 Å². The van der Waals surface area contributed by atoms with Crippen molar-refractivity contribution in [2.24, 2.45) is 5.73 Å². The van der Waals surface area contributed by atoms with E-state index in [2.05, 4.69) is 32.0 Å². The van der Waals surface area contributed by atoms with Crippen LogP contribution in [0.1, 0.15) is 30.9 Å². The Morgan fingerprint density at radius 2 is 2.13 bits per heavy atom. The molecule has 2 N–H and O–H groups in total. The van der Waals surface area contributed by atoms with Crippen molar-refractivity contribution in [1.82, 2.24) is 0 Å². The first-order valence-corrected chi connectivity index (χ1v) is 5.23. The molecule has 82 valence electrons. The third-order valence-electron chi connectivity index (χ3n) is 2.36. The molecule has 0 radical (unpaired) electrons. The molecule has 1 rings (SSSR count).